The Balaban J connectivity index is 1.90. The summed E-state index contributed by atoms with van der Waals surface area (Å²) in [6, 6.07) is 1.87. The second-order valence-electron chi connectivity index (χ2n) is 5.19. The monoisotopic (exact) mass is 304 g/mol. The van der Waals surface area contributed by atoms with Crippen molar-refractivity contribution in [2.75, 3.05) is 25.2 Å². The molecule has 118 valence electrons. The maximum absolute atomic E-state index is 5.52. The predicted molar refractivity (Wildman–Crippen MR) is 79.8 cm³/mol. The zero-order valence-corrected chi connectivity index (χ0v) is 13.0. The first-order valence-electron chi connectivity index (χ1n) is 7.34. The van der Waals surface area contributed by atoms with Gasteiger partial charge in [0.1, 0.15) is 18.0 Å². The molecule has 8 heteroatoms. The van der Waals surface area contributed by atoms with Gasteiger partial charge in [0.05, 0.1) is 18.8 Å². The van der Waals surface area contributed by atoms with Gasteiger partial charge in [-0.1, -0.05) is 0 Å². The topological polar surface area (TPSA) is 89.0 Å². The highest BCUT2D eigenvalue weighted by molar-refractivity contribution is 5.44. The minimum atomic E-state index is 0.0271. The first kappa shape index (κ1) is 14.7. The van der Waals surface area contributed by atoms with Crippen molar-refractivity contribution in [3.63, 3.8) is 0 Å². The Labute approximate surface area is 128 Å². The van der Waals surface area contributed by atoms with Crippen LogP contribution in [-0.2, 0) is 4.74 Å². The number of aromatic nitrogens is 5. The van der Waals surface area contributed by atoms with Crippen LogP contribution in [0.15, 0.2) is 12.4 Å². The molecule has 8 nitrogen and oxygen atoms in total. The third-order valence-corrected chi connectivity index (χ3v) is 3.72. The van der Waals surface area contributed by atoms with E-state index in [2.05, 4.69) is 30.0 Å². The average Bonchev–Trinajstić information content (AvgIpc) is 3.13. The van der Waals surface area contributed by atoms with Gasteiger partial charge in [-0.25, -0.2) is 15.0 Å². The molecule has 3 rings (SSSR count). The van der Waals surface area contributed by atoms with Crippen LogP contribution in [0, 0.1) is 6.92 Å². The van der Waals surface area contributed by atoms with Crippen LogP contribution in [0.25, 0.3) is 0 Å². The number of H-pyrrole nitrogens is 1. The van der Waals surface area contributed by atoms with Crippen LogP contribution in [0.2, 0.25) is 0 Å². The maximum atomic E-state index is 5.52. The summed E-state index contributed by atoms with van der Waals surface area (Å²) in [6.45, 7) is 5.12. The number of ether oxygens (including phenoxy) is 2. The minimum absolute atomic E-state index is 0.0271. The van der Waals surface area contributed by atoms with Crippen LogP contribution < -0.4 is 9.64 Å². The van der Waals surface area contributed by atoms with Gasteiger partial charge in [-0.15, -0.1) is 0 Å². The van der Waals surface area contributed by atoms with E-state index < -0.39 is 0 Å². The Morgan fingerprint density at radius 3 is 2.95 bits per heavy atom. The van der Waals surface area contributed by atoms with Gasteiger partial charge in [0.15, 0.2) is 5.82 Å². The summed E-state index contributed by atoms with van der Waals surface area (Å²) in [7, 11) is 1.72. The maximum Gasteiger partial charge on any atom is 0.218 e. The average molecular weight is 304 g/mol. The van der Waals surface area contributed by atoms with Crippen molar-refractivity contribution in [3.05, 3.63) is 24.0 Å². The summed E-state index contributed by atoms with van der Waals surface area (Å²) in [5, 5.41) is 7.19. The van der Waals surface area contributed by atoms with Crippen molar-refractivity contribution in [1.82, 2.24) is 25.1 Å². The molecule has 0 aliphatic carbocycles. The number of nitrogens with one attached hydrogen (secondary N) is 1. The number of aryl methyl sites for hydroxylation is 1. The van der Waals surface area contributed by atoms with Crippen molar-refractivity contribution in [1.29, 1.82) is 0 Å². The summed E-state index contributed by atoms with van der Waals surface area (Å²) >= 11 is 0. The second-order valence-corrected chi connectivity index (χ2v) is 5.19. The van der Waals surface area contributed by atoms with Crippen molar-refractivity contribution in [2.45, 2.75) is 32.4 Å². The normalized spacial score (nSPS) is 21.3. The fourth-order valence-electron chi connectivity index (χ4n) is 2.69. The summed E-state index contributed by atoms with van der Waals surface area (Å²) in [5.41, 5.74) is 0. The molecule has 2 aromatic rings. The molecule has 0 radical (unpaired) electrons. The highest BCUT2D eigenvalue weighted by atomic mass is 16.5. The van der Waals surface area contributed by atoms with Crippen LogP contribution in [0.3, 0.4) is 0 Å². The Hall–Kier alpha value is -2.22. The van der Waals surface area contributed by atoms with Gasteiger partial charge in [0, 0.05) is 26.1 Å². The van der Waals surface area contributed by atoms with Crippen molar-refractivity contribution in [3.8, 4) is 5.88 Å². The predicted octanol–water partition coefficient (Wildman–Crippen LogP) is 1.27. The lowest BCUT2D eigenvalue weighted by molar-refractivity contribution is 0.118. The van der Waals surface area contributed by atoms with E-state index in [1.807, 2.05) is 19.9 Å². The number of rotatable bonds is 5. The SMILES string of the molecule is CCOc1cc(N2C[C@H](OC)C[C@H]2c2n[nH]c(C)n2)ncn1. The number of methoxy groups -OCH3 is 1. The number of aromatic amines is 1. The van der Waals surface area contributed by atoms with Crippen LogP contribution in [0.5, 0.6) is 5.88 Å². The molecule has 0 unspecified atom stereocenters. The zero-order chi connectivity index (χ0) is 15.5. The highest BCUT2D eigenvalue weighted by Gasteiger charge is 2.36. The molecule has 22 heavy (non-hydrogen) atoms. The molecular formula is C14H20N6O2. The van der Waals surface area contributed by atoms with Gasteiger partial charge in [-0.3, -0.25) is 5.10 Å². The summed E-state index contributed by atoms with van der Waals surface area (Å²) in [6.07, 6.45) is 2.46. The Morgan fingerprint density at radius 1 is 1.41 bits per heavy atom. The first-order valence-corrected chi connectivity index (χ1v) is 7.34. The summed E-state index contributed by atoms with van der Waals surface area (Å²) < 4.78 is 11.0. The molecule has 1 fully saturated rings. The zero-order valence-electron chi connectivity index (χ0n) is 13.0. The Morgan fingerprint density at radius 2 is 2.27 bits per heavy atom. The van der Waals surface area contributed by atoms with E-state index in [-0.39, 0.29) is 12.1 Å². The van der Waals surface area contributed by atoms with E-state index in [4.69, 9.17) is 9.47 Å². The number of hydrogen-bond donors (Lipinski definition) is 1. The van der Waals surface area contributed by atoms with E-state index in [9.17, 15) is 0 Å². The quantitative estimate of drug-likeness (QED) is 0.889. The number of anilines is 1. The van der Waals surface area contributed by atoms with Gasteiger partial charge >= 0.3 is 0 Å². The van der Waals surface area contributed by atoms with Crippen LogP contribution >= 0.6 is 0 Å². The van der Waals surface area contributed by atoms with Gasteiger partial charge in [0.25, 0.3) is 0 Å². The van der Waals surface area contributed by atoms with Gasteiger partial charge in [-0.05, 0) is 13.8 Å². The molecule has 2 atom stereocenters. The van der Waals surface area contributed by atoms with Gasteiger partial charge in [-0.2, -0.15) is 5.10 Å². The van der Waals surface area contributed by atoms with E-state index in [1.54, 1.807) is 7.11 Å². The fraction of sp³-hybridized carbons (Fsp3) is 0.571. The molecule has 1 saturated heterocycles. The van der Waals surface area contributed by atoms with Gasteiger partial charge < -0.3 is 14.4 Å². The summed E-state index contributed by atoms with van der Waals surface area (Å²) in [4.78, 5) is 15.1. The molecule has 0 amide bonds. The molecule has 0 saturated carbocycles. The highest BCUT2D eigenvalue weighted by Crippen LogP contribution is 2.35. The van der Waals surface area contributed by atoms with E-state index in [0.717, 1.165) is 30.4 Å². The second kappa shape index (κ2) is 6.27. The summed E-state index contributed by atoms with van der Waals surface area (Å²) in [5.74, 6) is 2.92. The number of hydrogen-bond acceptors (Lipinski definition) is 7. The van der Waals surface area contributed by atoms with E-state index in [0.29, 0.717) is 12.5 Å². The van der Waals surface area contributed by atoms with Crippen LogP contribution in [0.1, 0.15) is 31.0 Å². The molecule has 0 spiro atoms. The molecule has 1 aliphatic rings. The minimum Gasteiger partial charge on any atom is -0.478 e. The standard InChI is InChI=1S/C14H20N6O2/c1-4-22-13-6-12(15-8-16-13)20-7-10(21-3)5-11(20)14-17-9(2)18-19-14/h6,8,10-11H,4-5,7H2,1-3H3,(H,17,18,19)/t10-,11+/m1/s1. The fourth-order valence-corrected chi connectivity index (χ4v) is 2.69. The molecule has 0 bridgehead atoms. The molecule has 2 aromatic heterocycles. The Bertz CT molecular complexity index is 631. The van der Waals surface area contributed by atoms with Gasteiger partial charge in [0.2, 0.25) is 5.88 Å². The lowest BCUT2D eigenvalue weighted by Crippen LogP contribution is -2.26. The van der Waals surface area contributed by atoms with Crippen molar-refractivity contribution >= 4 is 5.82 Å². The smallest absolute Gasteiger partial charge is 0.218 e. The largest absolute Gasteiger partial charge is 0.478 e. The molecule has 3 heterocycles. The van der Waals surface area contributed by atoms with Crippen molar-refractivity contribution < 1.29 is 9.47 Å². The van der Waals surface area contributed by atoms with Crippen LogP contribution in [0.4, 0.5) is 5.82 Å². The number of nitrogens with zero attached hydrogens (tertiary/aromatic N) is 5. The lowest BCUT2D eigenvalue weighted by atomic mass is 10.2. The molecule has 1 N–H and O–H groups in total. The van der Waals surface area contributed by atoms with E-state index in [1.165, 1.54) is 6.33 Å². The molecular weight excluding hydrogens is 284 g/mol. The lowest BCUT2D eigenvalue weighted by Gasteiger charge is -2.23. The van der Waals surface area contributed by atoms with Crippen LogP contribution in [-0.4, -0.2) is 51.5 Å². The molecule has 0 aromatic carbocycles. The molecule has 1 aliphatic heterocycles. The van der Waals surface area contributed by atoms with E-state index >= 15 is 0 Å². The first-order chi connectivity index (χ1) is 10.7. The third-order valence-electron chi connectivity index (χ3n) is 3.72. The Kier molecular flexibility index (Phi) is 4.19. The van der Waals surface area contributed by atoms with Crippen molar-refractivity contribution in [2.24, 2.45) is 0 Å². The third kappa shape index (κ3) is 2.87.